The molecule has 27 heavy (non-hydrogen) atoms. The van der Waals surface area contributed by atoms with E-state index in [2.05, 4.69) is 31.8 Å². The first-order valence-electron chi connectivity index (χ1n) is 7.85. The Morgan fingerprint density at radius 3 is 2.89 bits per heavy atom. The van der Waals surface area contributed by atoms with Crippen LogP contribution in [0, 0.1) is 11.8 Å². The normalized spacial score (nSPS) is 13.1. The molecule has 0 fully saturated rings. The summed E-state index contributed by atoms with van der Waals surface area (Å²) >= 11 is 6.21. The number of oxazole rings is 1. The average molecular weight is 381 g/mol. The highest BCUT2D eigenvalue weighted by Gasteiger charge is 2.25. The first-order chi connectivity index (χ1) is 12.9. The van der Waals surface area contributed by atoms with Crippen molar-refractivity contribution in [2.75, 3.05) is 5.73 Å². The summed E-state index contributed by atoms with van der Waals surface area (Å²) in [4.78, 5) is 16.3. The van der Waals surface area contributed by atoms with Crippen LogP contribution in [0.2, 0.25) is 5.02 Å². The van der Waals surface area contributed by atoms with Gasteiger partial charge in [0.15, 0.2) is 5.60 Å². The molecule has 4 rings (SSSR count). The molecule has 0 aliphatic carbocycles. The Hall–Kier alpha value is -3.41. The summed E-state index contributed by atoms with van der Waals surface area (Å²) in [6.45, 7) is 1.51. The third kappa shape index (κ3) is 3.21. The number of aromatic nitrogens is 5. The van der Waals surface area contributed by atoms with Crippen LogP contribution < -0.4 is 5.73 Å². The fourth-order valence-electron chi connectivity index (χ4n) is 2.50. The molecule has 4 aromatic heterocycles. The zero-order chi connectivity index (χ0) is 19.0. The minimum absolute atomic E-state index is 0.113. The monoisotopic (exact) mass is 380 g/mol. The fourth-order valence-corrected chi connectivity index (χ4v) is 2.69. The Bertz CT molecular complexity index is 1190. The van der Waals surface area contributed by atoms with Crippen LogP contribution in [0.5, 0.6) is 0 Å². The van der Waals surface area contributed by atoms with Crippen LogP contribution >= 0.6 is 11.6 Å². The van der Waals surface area contributed by atoms with Gasteiger partial charge in [0.25, 0.3) is 0 Å². The summed E-state index contributed by atoms with van der Waals surface area (Å²) in [7, 11) is 0. The van der Waals surface area contributed by atoms with Gasteiger partial charge in [0.1, 0.15) is 17.6 Å². The molecule has 4 heterocycles. The van der Waals surface area contributed by atoms with E-state index in [4.69, 9.17) is 21.8 Å². The summed E-state index contributed by atoms with van der Waals surface area (Å²) < 4.78 is 6.92. The van der Waals surface area contributed by atoms with Crippen LogP contribution in [0.1, 0.15) is 18.4 Å². The van der Waals surface area contributed by atoms with Gasteiger partial charge in [-0.25, -0.2) is 19.9 Å². The van der Waals surface area contributed by atoms with Gasteiger partial charge in [0, 0.05) is 11.8 Å². The molecule has 0 saturated carbocycles. The number of hydrogen-bond acceptors (Lipinski definition) is 7. The summed E-state index contributed by atoms with van der Waals surface area (Å²) in [5.74, 6) is 5.92. The van der Waals surface area contributed by atoms with Crippen molar-refractivity contribution in [3.63, 3.8) is 0 Å². The number of pyridine rings is 1. The van der Waals surface area contributed by atoms with Crippen LogP contribution in [0.15, 0.2) is 47.6 Å². The summed E-state index contributed by atoms with van der Waals surface area (Å²) in [6, 6.07) is 3.59. The van der Waals surface area contributed by atoms with E-state index in [9.17, 15) is 5.11 Å². The minimum Gasteiger partial charge on any atom is -0.445 e. The fraction of sp³-hybridized carbons (Fsp3) is 0.111. The van der Waals surface area contributed by atoms with E-state index < -0.39 is 5.60 Å². The van der Waals surface area contributed by atoms with E-state index in [1.165, 1.54) is 25.6 Å². The quantitative estimate of drug-likeness (QED) is 0.512. The average Bonchev–Trinajstić information content (AvgIpc) is 3.32. The van der Waals surface area contributed by atoms with Crippen molar-refractivity contribution in [3.05, 3.63) is 59.7 Å². The second-order valence-electron chi connectivity index (χ2n) is 5.87. The van der Waals surface area contributed by atoms with E-state index in [1.807, 2.05) is 0 Å². The number of halogens is 1. The number of aliphatic hydroxyl groups is 1. The largest absolute Gasteiger partial charge is 0.445 e. The number of nitrogens with two attached hydrogens (primary N) is 1. The molecule has 4 aromatic rings. The second-order valence-corrected chi connectivity index (χ2v) is 6.28. The topological polar surface area (TPSA) is 115 Å². The van der Waals surface area contributed by atoms with Gasteiger partial charge < -0.3 is 15.3 Å². The molecule has 0 radical (unpaired) electrons. The van der Waals surface area contributed by atoms with Gasteiger partial charge in [-0.1, -0.05) is 23.4 Å². The van der Waals surface area contributed by atoms with Crippen LogP contribution in [-0.4, -0.2) is 29.4 Å². The molecule has 0 bridgehead atoms. The number of anilines is 1. The predicted molar refractivity (Wildman–Crippen MR) is 98.6 cm³/mol. The maximum Gasteiger partial charge on any atom is 0.238 e. The van der Waals surface area contributed by atoms with Gasteiger partial charge in [0.05, 0.1) is 29.3 Å². The number of nitrogens with zero attached hydrogens (tertiary/aromatic N) is 5. The molecule has 134 valence electrons. The van der Waals surface area contributed by atoms with Gasteiger partial charge >= 0.3 is 0 Å². The van der Waals surface area contributed by atoms with E-state index in [-0.39, 0.29) is 11.8 Å². The molecule has 0 amide bonds. The van der Waals surface area contributed by atoms with E-state index in [0.29, 0.717) is 27.6 Å². The van der Waals surface area contributed by atoms with Crippen molar-refractivity contribution in [2.45, 2.75) is 12.5 Å². The van der Waals surface area contributed by atoms with Crippen molar-refractivity contribution < 1.29 is 9.52 Å². The smallest absolute Gasteiger partial charge is 0.238 e. The highest BCUT2D eigenvalue weighted by atomic mass is 35.5. The SMILES string of the molecule is CC(O)(C#Cc1ccc2ncc(-c3nc(N)ncc3Cl)n2c1)c1ncco1. The van der Waals surface area contributed by atoms with Crippen molar-refractivity contribution in [1.82, 2.24) is 24.3 Å². The van der Waals surface area contributed by atoms with E-state index >= 15 is 0 Å². The Kier molecular flexibility index (Phi) is 4.03. The van der Waals surface area contributed by atoms with Gasteiger partial charge in [-0.3, -0.25) is 4.40 Å². The Labute approximate surface area is 158 Å². The first kappa shape index (κ1) is 17.0. The Morgan fingerprint density at radius 1 is 1.26 bits per heavy atom. The number of hydrogen-bond donors (Lipinski definition) is 2. The van der Waals surface area contributed by atoms with Gasteiger partial charge in [-0.05, 0) is 19.1 Å². The molecule has 0 aromatic carbocycles. The maximum atomic E-state index is 10.4. The number of nitrogen functional groups attached to an aromatic ring is 1. The van der Waals surface area contributed by atoms with Crippen LogP contribution in [0.25, 0.3) is 17.0 Å². The predicted octanol–water partition coefficient (Wildman–Crippen LogP) is 2.27. The summed E-state index contributed by atoms with van der Waals surface area (Å²) in [5, 5.41) is 10.8. The van der Waals surface area contributed by atoms with Crippen molar-refractivity contribution >= 4 is 23.2 Å². The summed E-state index contributed by atoms with van der Waals surface area (Å²) in [6.07, 6.45) is 7.68. The number of rotatable bonds is 2. The molecular weight excluding hydrogens is 368 g/mol. The van der Waals surface area contributed by atoms with E-state index in [1.54, 1.807) is 28.9 Å². The number of imidazole rings is 1. The lowest BCUT2D eigenvalue weighted by atomic mass is 10.1. The molecule has 0 spiro atoms. The zero-order valence-corrected chi connectivity index (χ0v) is 14.8. The lowest BCUT2D eigenvalue weighted by molar-refractivity contribution is 0.0893. The number of fused-ring (bicyclic) bond motifs is 1. The molecule has 0 aliphatic rings. The highest BCUT2D eigenvalue weighted by molar-refractivity contribution is 6.32. The molecule has 0 aliphatic heterocycles. The van der Waals surface area contributed by atoms with Crippen LogP contribution in [0.3, 0.4) is 0 Å². The maximum absolute atomic E-state index is 10.4. The standard InChI is InChI=1S/C18H13ClN6O2/c1-18(26,16-21-6-7-27-16)5-4-11-2-3-14-22-9-13(25(14)10-11)15-12(19)8-23-17(20)24-15/h2-3,6-10,26H,1H3,(H2,20,23,24). The van der Waals surface area contributed by atoms with Gasteiger partial charge in [-0.15, -0.1) is 0 Å². The molecule has 1 unspecified atom stereocenters. The highest BCUT2D eigenvalue weighted by Crippen LogP contribution is 2.26. The zero-order valence-electron chi connectivity index (χ0n) is 14.1. The Balaban J connectivity index is 1.78. The van der Waals surface area contributed by atoms with Crippen LogP contribution in [0.4, 0.5) is 5.95 Å². The van der Waals surface area contributed by atoms with Crippen molar-refractivity contribution in [2.24, 2.45) is 0 Å². The molecule has 3 N–H and O–H groups in total. The van der Waals surface area contributed by atoms with Crippen molar-refractivity contribution in [3.8, 4) is 23.2 Å². The third-order valence-corrected chi connectivity index (χ3v) is 4.09. The summed E-state index contributed by atoms with van der Waals surface area (Å²) in [5.41, 5.74) is 6.60. The van der Waals surface area contributed by atoms with Crippen LogP contribution in [-0.2, 0) is 5.60 Å². The molecule has 0 saturated heterocycles. The molecule has 1 atom stereocenters. The Morgan fingerprint density at radius 2 is 2.11 bits per heavy atom. The van der Waals surface area contributed by atoms with Gasteiger partial charge in [0.2, 0.25) is 11.8 Å². The third-order valence-electron chi connectivity index (χ3n) is 3.81. The molecule has 8 nitrogen and oxygen atoms in total. The second kappa shape index (κ2) is 6.39. The first-order valence-corrected chi connectivity index (χ1v) is 8.23. The van der Waals surface area contributed by atoms with E-state index in [0.717, 1.165) is 0 Å². The lowest BCUT2D eigenvalue weighted by Gasteiger charge is -2.10. The molecule has 9 heteroatoms. The molecular formula is C18H13ClN6O2. The lowest BCUT2D eigenvalue weighted by Crippen LogP contribution is -2.18. The van der Waals surface area contributed by atoms with Gasteiger partial charge in [-0.2, -0.15) is 0 Å². The van der Waals surface area contributed by atoms with Crippen molar-refractivity contribution in [1.29, 1.82) is 0 Å². The minimum atomic E-state index is -1.51.